The van der Waals surface area contributed by atoms with Crippen LogP contribution in [-0.2, 0) is 6.54 Å². The zero-order valence-electron chi connectivity index (χ0n) is 12.6. The van der Waals surface area contributed by atoms with Crippen molar-refractivity contribution in [3.05, 3.63) is 70.6 Å². The topological polar surface area (TPSA) is 62.7 Å². The predicted octanol–water partition coefficient (Wildman–Crippen LogP) is 4.30. The summed E-state index contributed by atoms with van der Waals surface area (Å²) < 4.78 is 1.03. The summed E-state index contributed by atoms with van der Waals surface area (Å²) >= 11 is 3.42. The lowest BCUT2D eigenvalue weighted by molar-refractivity contribution is 1.05. The van der Waals surface area contributed by atoms with Gasteiger partial charge in [0.15, 0.2) is 0 Å². The highest BCUT2D eigenvalue weighted by Gasteiger charge is 2.03. The summed E-state index contributed by atoms with van der Waals surface area (Å²) in [6.45, 7) is 2.62. The van der Waals surface area contributed by atoms with Gasteiger partial charge in [-0.15, -0.1) is 0 Å². The van der Waals surface area contributed by atoms with E-state index in [1.165, 1.54) is 0 Å². The van der Waals surface area contributed by atoms with E-state index in [0.29, 0.717) is 12.5 Å². The predicted molar refractivity (Wildman–Crippen MR) is 95.8 cm³/mol. The highest BCUT2D eigenvalue weighted by Crippen LogP contribution is 2.18. The van der Waals surface area contributed by atoms with E-state index in [1.54, 1.807) is 6.20 Å². The average Bonchev–Trinajstić information content (AvgIpc) is 2.56. The summed E-state index contributed by atoms with van der Waals surface area (Å²) in [5.74, 6) is 1.35. The molecule has 0 aliphatic heterocycles. The van der Waals surface area contributed by atoms with E-state index in [9.17, 15) is 0 Å². The molecule has 23 heavy (non-hydrogen) atoms. The first kappa shape index (κ1) is 15.4. The molecule has 0 fully saturated rings. The minimum atomic E-state index is 0.570. The van der Waals surface area contributed by atoms with Crippen LogP contribution in [0.3, 0.4) is 0 Å². The van der Waals surface area contributed by atoms with E-state index in [4.69, 9.17) is 0 Å². The molecule has 3 rings (SSSR count). The minimum absolute atomic E-state index is 0.570. The van der Waals surface area contributed by atoms with Crippen LogP contribution < -0.4 is 10.6 Å². The van der Waals surface area contributed by atoms with Crippen molar-refractivity contribution in [1.29, 1.82) is 0 Å². The molecule has 0 saturated heterocycles. The smallest absolute Gasteiger partial charge is 0.229 e. The number of rotatable bonds is 5. The van der Waals surface area contributed by atoms with E-state index in [1.807, 2.05) is 55.6 Å². The Labute approximate surface area is 143 Å². The molecule has 2 N–H and O–H groups in total. The maximum absolute atomic E-state index is 4.50. The van der Waals surface area contributed by atoms with Crippen LogP contribution in [0.25, 0.3) is 0 Å². The van der Waals surface area contributed by atoms with Gasteiger partial charge in [-0.2, -0.15) is 4.98 Å². The number of hydrogen-bond acceptors (Lipinski definition) is 5. The van der Waals surface area contributed by atoms with Gasteiger partial charge in [0.25, 0.3) is 0 Å². The molecule has 0 aliphatic rings. The zero-order chi connectivity index (χ0) is 16.1. The van der Waals surface area contributed by atoms with Gasteiger partial charge in [-0.3, -0.25) is 4.98 Å². The number of halogens is 1. The van der Waals surface area contributed by atoms with Crippen molar-refractivity contribution >= 4 is 33.4 Å². The minimum Gasteiger partial charge on any atom is -0.366 e. The molecule has 116 valence electrons. The van der Waals surface area contributed by atoms with Gasteiger partial charge in [0.05, 0.1) is 0 Å². The Morgan fingerprint density at radius 2 is 1.91 bits per heavy atom. The number of aryl methyl sites for hydroxylation is 1. The first-order valence-electron chi connectivity index (χ1n) is 7.20. The fourth-order valence-corrected chi connectivity index (χ4v) is 2.34. The summed E-state index contributed by atoms with van der Waals surface area (Å²) in [6.07, 6.45) is 3.60. The number of hydrogen-bond donors (Lipinski definition) is 2. The SMILES string of the molecule is Cc1cc(NCc2cccnc2)nc(Nc2ccc(Br)cc2)n1. The normalized spacial score (nSPS) is 10.3. The van der Waals surface area contributed by atoms with Crippen molar-refractivity contribution in [1.82, 2.24) is 15.0 Å². The summed E-state index contributed by atoms with van der Waals surface area (Å²) in [5, 5.41) is 6.51. The van der Waals surface area contributed by atoms with Crippen molar-refractivity contribution in [2.24, 2.45) is 0 Å². The Morgan fingerprint density at radius 1 is 1.09 bits per heavy atom. The quantitative estimate of drug-likeness (QED) is 0.701. The molecule has 6 heteroatoms. The van der Waals surface area contributed by atoms with Gasteiger partial charge in [-0.05, 0) is 42.8 Å². The van der Waals surface area contributed by atoms with Crippen molar-refractivity contribution in [3.8, 4) is 0 Å². The summed E-state index contributed by atoms with van der Waals surface area (Å²) in [5.41, 5.74) is 2.94. The maximum atomic E-state index is 4.50. The highest BCUT2D eigenvalue weighted by atomic mass is 79.9. The van der Waals surface area contributed by atoms with Crippen LogP contribution in [0, 0.1) is 6.92 Å². The molecule has 0 aliphatic carbocycles. The van der Waals surface area contributed by atoms with Crippen LogP contribution in [0.1, 0.15) is 11.3 Å². The Kier molecular flexibility index (Phi) is 4.83. The molecule has 3 aromatic rings. The Balaban J connectivity index is 1.72. The van der Waals surface area contributed by atoms with E-state index < -0.39 is 0 Å². The number of benzene rings is 1. The number of anilines is 3. The number of nitrogens with zero attached hydrogens (tertiary/aromatic N) is 3. The Morgan fingerprint density at radius 3 is 2.65 bits per heavy atom. The first-order chi connectivity index (χ1) is 11.2. The van der Waals surface area contributed by atoms with E-state index in [-0.39, 0.29) is 0 Å². The van der Waals surface area contributed by atoms with Crippen molar-refractivity contribution in [3.63, 3.8) is 0 Å². The number of aromatic nitrogens is 3. The number of pyridine rings is 1. The van der Waals surface area contributed by atoms with Gasteiger partial charge < -0.3 is 10.6 Å². The van der Waals surface area contributed by atoms with Crippen molar-refractivity contribution in [2.45, 2.75) is 13.5 Å². The first-order valence-corrected chi connectivity index (χ1v) is 7.99. The molecule has 1 aromatic carbocycles. The molecule has 5 nitrogen and oxygen atoms in total. The molecular formula is C17H16BrN5. The van der Waals surface area contributed by atoms with Gasteiger partial charge in [0.1, 0.15) is 5.82 Å². The average molecular weight is 370 g/mol. The Bertz CT molecular complexity index is 775. The van der Waals surface area contributed by atoms with Gasteiger partial charge in [0.2, 0.25) is 5.95 Å². The van der Waals surface area contributed by atoms with Crippen LogP contribution in [0.15, 0.2) is 59.3 Å². The van der Waals surface area contributed by atoms with Crippen LogP contribution in [0.2, 0.25) is 0 Å². The van der Waals surface area contributed by atoms with E-state index in [0.717, 1.165) is 27.2 Å². The lowest BCUT2D eigenvalue weighted by atomic mass is 10.3. The standard InChI is InChI=1S/C17H16BrN5/c1-12-9-16(20-11-13-3-2-8-19-10-13)23-17(21-12)22-15-6-4-14(18)5-7-15/h2-10H,11H2,1H3,(H2,20,21,22,23). The molecule has 2 heterocycles. The second-order valence-electron chi connectivity index (χ2n) is 5.06. The second kappa shape index (κ2) is 7.19. The monoisotopic (exact) mass is 369 g/mol. The van der Waals surface area contributed by atoms with Gasteiger partial charge >= 0.3 is 0 Å². The van der Waals surface area contributed by atoms with Gasteiger partial charge in [0, 0.05) is 40.9 Å². The molecule has 2 aromatic heterocycles. The van der Waals surface area contributed by atoms with Crippen LogP contribution >= 0.6 is 15.9 Å². The van der Waals surface area contributed by atoms with Crippen LogP contribution in [0.4, 0.5) is 17.5 Å². The Hall–Kier alpha value is -2.47. The summed E-state index contributed by atoms with van der Waals surface area (Å²) in [7, 11) is 0. The summed E-state index contributed by atoms with van der Waals surface area (Å²) in [6, 6.07) is 13.7. The molecular weight excluding hydrogens is 354 g/mol. The third kappa shape index (κ3) is 4.50. The van der Waals surface area contributed by atoms with E-state index in [2.05, 4.69) is 41.5 Å². The third-order valence-electron chi connectivity index (χ3n) is 3.15. The molecule has 0 bridgehead atoms. The fraction of sp³-hybridized carbons (Fsp3) is 0.118. The molecule has 0 radical (unpaired) electrons. The lowest BCUT2D eigenvalue weighted by Gasteiger charge is -2.10. The largest absolute Gasteiger partial charge is 0.366 e. The third-order valence-corrected chi connectivity index (χ3v) is 3.68. The zero-order valence-corrected chi connectivity index (χ0v) is 14.2. The van der Waals surface area contributed by atoms with Crippen molar-refractivity contribution < 1.29 is 0 Å². The molecule has 0 saturated carbocycles. The molecule has 0 atom stereocenters. The maximum Gasteiger partial charge on any atom is 0.229 e. The highest BCUT2D eigenvalue weighted by molar-refractivity contribution is 9.10. The van der Waals surface area contributed by atoms with Gasteiger partial charge in [-0.1, -0.05) is 22.0 Å². The molecule has 0 unspecified atom stereocenters. The molecule has 0 spiro atoms. The number of nitrogens with one attached hydrogen (secondary N) is 2. The lowest BCUT2D eigenvalue weighted by Crippen LogP contribution is -2.05. The molecule has 0 amide bonds. The van der Waals surface area contributed by atoms with Crippen LogP contribution in [-0.4, -0.2) is 15.0 Å². The summed E-state index contributed by atoms with van der Waals surface area (Å²) in [4.78, 5) is 13.0. The van der Waals surface area contributed by atoms with Crippen molar-refractivity contribution in [2.75, 3.05) is 10.6 Å². The van der Waals surface area contributed by atoms with E-state index >= 15 is 0 Å². The van der Waals surface area contributed by atoms with Gasteiger partial charge in [-0.25, -0.2) is 4.98 Å². The van der Waals surface area contributed by atoms with Crippen LogP contribution in [0.5, 0.6) is 0 Å². The second-order valence-corrected chi connectivity index (χ2v) is 5.98. The fourth-order valence-electron chi connectivity index (χ4n) is 2.07.